The maximum Gasteiger partial charge on any atom is 0.264 e. The Kier molecular flexibility index (Phi) is 4.49. The number of aromatic nitrogens is 2. The second-order valence-corrected chi connectivity index (χ2v) is 2.96. The number of carbonyl (C=O) groups is 1. The molecule has 6 nitrogen and oxygen atoms in total. The van der Waals surface area contributed by atoms with Gasteiger partial charge in [-0.25, -0.2) is 5.10 Å². The number of nitrogens with one attached hydrogen (secondary N) is 3. The van der Waals surface area contributed by atoms with E-state index in [1.807, 2.05) is 6.92 Å². The fourth-order valence-corrected chi connectivity index (χ4v) is 0.998. The third-order valence-corrected chi connectivity index (χ3v) is 1.73. The summed E-state index contributed by atoms with van der Waals surface area (Å²) in [6, 6.07) is 2.77. The largest absolute Gasteiger partial charge is 0.316 e. The van der Waals surface area contributed by atoms with E-state index in [2.05, 4.69) is 20.8 Å². The number of anilines is 1. The lowest BCUT2D eigenvalue weighted by molar-refractivity contribution is -0.116. The van der Waals surface area contributed by atoms with Crippen molar-refractivity contribution in [1.82, 2.24) is 15.5 Å². The summed E-state index contributed by atoms with van der Waals surface area (Å²) in [6.45, 7) is 3.44. The summed E-state index contributed by atoms with van der Waals surface area (Å²) in [5, 5.41) is 11.5. The average molecular weight is 210 g/mol. The summed E-state index contributed by atoms with van der Waals surface area (Å²) in [5.41, 5.74) is -0.291. The zero-order chi connectivity index (χ0) is 11.1. The average Bonchev–Trinajstić information content (AvgIpc) is 2.22. The molecule has 0 saturated heterocycles. The van der Waals surface area contributed by atoms with Crippen molar-refractivity contribution in [1.29, 1.82) is 0 Å². The van der Waals surface area contributed by atoms with Crippen molar-refractivity contribution in [2.45, 2.75) is 13.3 Å². The second-order valence-electron chi connectivity index (χ2n) is 2.96. The Morgan fingerprint density at radius 2 is 2.33 bits per heavy atom. The van der Waals surface area contributed by atoms with E-state index in [0.717, 1.165) is 6.54 Å². The standard InChI is InChI=1S/C9H14N4O2/c1-2-10-6-5-8(14)11-7-3-4-9(15)13-12-7/h3-4,10H,2,5-6H2,1H3,(H,13,15)(H,11,12,14). The molecular weight excluding hydrogens is 196 g/mol. The van der Waals surface area contributed by atoms with E-state index in [9.17, 15) is 9.59 Å². The van der Waals surface area contributed by atoms with Crippen LogP contribution in [0, 0.1) is 0 Å². The smallest absolute Gasteiger partial charge is 0.264 e. The maximum absolute atomic E-state index is 11.3. The molecule has 1 rings (SSSR count). The third-order valence-electron chi connectivity index (χ3n) is 1.73. The highest BCUT2D eigenvalue weighted by Crippen LogP contribution is 1.96. The van der Waals surface area contributed by atoms with Gasteiger partial charge in [-0.1, -0.05) is 6.92 Å². The number of aromatic amines is 1. The molecule has 0 aliphatic rings. The quantitative estimate of drug-likeness (QED) is 0.583. The van der Waals surface area contributed by atoms with Crippen LogP contribution in [0.4, 0.5) is 5.82 Å². The molecule has 1 aromatic rings. The number of nitrogens with zero attached hydrogens (tertiary/aromatic N) is 1. The fraction of sp³-hybridized carbons (Fsp3) is 0.444. The maximum atomic E-state index is 11.3. The molecule has 0 bridgehead atoms. The van der Waals surface area contributed by atoms with Gasteiger partial charge in [0.1, 0.15) is 0 Å². The molecule has 0 aliphatic heterocycles. The number of H-pyrrole nitrogens is 1. The number of hydrogen-bond donors (Lipinski definition) is 3. The molecule has 15 heavy (non-hydrogen) atoms. The van der Waals surface area contributed by atoms with Crippen molar-refractivity contribution in [3.05, 3.63) is 22.5 Å². The van der Waals surface area contributed by atoms with Crippen LogP contribution in [0.3, 0.4) is 0 Å². The topological polar surface area (TPSA) is 86.9 Å². The monoisotopic (exact) mass is 210 g/mol. The molecule has 0 unspecified atom stereocenters. The van der Waals surface area contributed by atoms with E-state index in [4.69, 9.17) is 0 Å². The predicted molar refractivity (Wildman–Crippen MR) is 56.6 cm³/mol. The number of hydrogen-bond acceptors (Lipinski definition) is 4. The van der Waals surface area contributed by atoms with Crippen molar-refractivity contribution in [2.75, 3.05) is 18.4 Å². The van der Waals surface area contributed by atoms with Gasteiger partial charge in [-0.15, -0.1) is 0 Å². The summed E-state index contributed by atoms with van der Waals surface area (Å²) < 4.78 is 0. The highest BCUT2D eigenvalue weighted by molar-refractivity contribution is 5.89. The van der Waals surface area contributed by atoms with Crippen LogP contribution in [0.2, 0.25) is 0 Å². The number of carbonyl (C=O) groups excluding carboxylic acids is 1. The van der Waals surface area contributed by atoms with E-state index in [0.29, 0.717) is 18.8 Å². The molecule has 6 heteroatoms. The first-order valence-electron chi connectivity index (χ1n) is 4.78. The van der Waals surface area contributed by atoms with E-state index in [1.54, 1.807) is 0 Å². The van der Waals surface area contributed by atoms with E-state index >= 15 is 0 Å². The summed E-state index contributed by atoms with van der Waals surface area (Å²) in [5.74, 6) is 0.228. The molecule has 0 fully saturated rings. The summed E-state index contributed by atoms with van der Waals surface area (Å²) in [4.78, 5) is 22.0. The number of rotatable bonds is 5. The van der Waals surface area contributed by atoms with Crippen LogP contribution >= 0.6 is 0 Å². The lowest BCUT2D eigenvalue weighted by Gasteiger charge is -2.03. The van der Waals surface area contributed by atoms with Crippen molar-refractivity contribution in [3.63, 3.8) is 0 Å². The summed E-state index contributed by atoms with van der Waals surface area (Å²) in [7, 11) is 0. The minimum absolute atomic E-state index is 0.129. The molecule has 1 aromatic heterocycles. The van der Waals surface area contributed by atoms with Crippen LogP contribution in [0.5, 0.6) is 0 Å². The molecule has 1 heterocycles. The Bertz CT molecular complexity index is 354. The first-order chi connectivity index (χ1) is 7.22. The minimum Gasteiger partial charge on any atom is -0.316 e. The zero-order valence-corrected chi connectivity index (χ0v) is 8.54. The van der Waals surface area contributed by atoms with Crippen LogP contribution in [0.25, 0.3) is 0 Å². The van der Waals surface area contributed by atoms with E-state index < -0.39 is 0 Å². The van der Waals surface area contributed by atoms with E-state index in [-0.39, 0.29) is 11.5 Å². The van der Waals surface area contributed by atoms with Crippen molar-refractivity contribution >= 4 is 11.7 Å². The van der Waals surface area contributed by atoms with Crippen molar-refractivity contribution < 1.29 is 4.79 Å². The van der Waals surface area contributed by atoms with Gasteiger partial charge in [-0.2, -0.15) is 5.10 Å². The second kappa shape index (κ2) is 5.92. The predicted octanol–water partition coefficient (Wildman–Crippen LogP) is -0.292. The summed E-state index contributed by atoms with van der Waals surface area (Å²) in [6.07, 6.45) is 0.384. The first-order valence-corrected chi connectivity index (χ1v) is 4.78. The van der Waals surface area contributed by atoms with Crippen molar-refractivity contribution in [2.24, 2.45) is 0 Å². The molecular formula is C9H14N4O2. The lowest BCUT2D eigenvalue weighted by atomic mass is 10.4. The van der Waals surface area contributed by atoms with Gasteiger partial charge in [0.05, 0.1) is 0 Å². The highest BCUT2D eigenvalue weighted by atomic mass is 16.1. The Hall–Kier alpha value is -1.69. The van der Waals surface area contributed by atoms with Gasteiger partial charge < -0.3 is 10.6 Å². The van der Waals surface area contributed by atoms with Gasteiger partial charge in [-0.05, 0) is 12.6 Å². The van der Waals surface area contributed by atoms with Gasteiger partial charge in [0.25, 0.3) is 5.56 Å². The molecule has 0 atom stereocenters. The van der Waals surface area contributed by atoms with Crippen LogP contribution in [0.1, 0.15) is 13.3 Å². The van der Waals surface area contributed by atoms with Gasteiger partial charge in [-0.3, -0.25) is 9.59 Å². The Morgan fingerprint density at radius 1 is 1.53 bits per heavy atom. The lowest BCUT2D eigenvalue weighted by Crippen LogP contribution is -2.22. The van der Waals surface area contributed by atoms with Gasteiger partial charge in [0.2, 0.25) is 5.91 Å². The molecule has 82 valence electrons. The molecule has 0 spiro atoms. The third kappa shape index (κ3) is 4.37. The Balaban J connectivity index is 2.37. The van der Waals surface area contributed by atoms with Crippen LogP contribution < -0.4 is 16.2 Å². The molecule has 1 amide bonds. The minimum atomic E-state index is -0.291. The summed E-state index contributed by atoms with van der Waals surface area (Å²) >= 11 is 0. The Labute approximate surface area is 87.1 Å². The highest BCUT2D eigenvalue weighted by Gasteiger charge is 2.01. The van der Waals surface area contributed by atoms with Crippen LogP contribution in [-0.4, -0.2) is 29.2 Å². The van der Waals surface area contributed by atoms with Crippen LogP contribution in [0.15, 0.2) is 16.9 Å². The molecule has 0 aliphatic carbocycles. The first kappa shape index (κ1) is 11.4. The molecule has 0 saturated carbocycles. The molecule has 0 aromatic carbocycles. The zero-order valence-electron chi connectivity index (χ0n) is 8.54. The Morgan fingerprint density at radius 3 is 2.93 bits per heavy atom. The SMILES string of the molecule is CCNCCC(=O)Nc1ccc(=O)[nH]n1. The normalized spacial score (nSPS) is 9.93. The van der Waals surface area contributed by atoms with Crippen LogP contribution in [-0.2, 0) is 4.79 Å². The van der Waals surface area contributed by atoms with Gasteiger partial charge >= 0.3 is 0 Å². The van der Waals surface area contributed by atoms with Gasteiger partial charge in [0.15, 0.2) is 5.82 Å². The molecule has 3 N–H and O–H groups in total. The van der Waals surface area contributed by atoms with Crippen molar-refractivity contribution in [3.8, 4) is 0 Å². The number of amides is 1. The van der Waals surface area contributed by atoms with Gasteiger partial charge in [0, 0.05) is 19.0 Å². The fourth-order valence-electron chi connectivity index (χ4n) is 0.998. The van der Waals surface area contributed by atoms with E-state index in [1.165, 1.54) is 12.1 Å². The molecule has 0 radical (unpaired) electrons.